The van der Waals surface area contributed by atoms with E-state index >= 15 is 0 Å². The van der Waals surface area contributed by atoms with E-state index in [9.17, 15) is 4.79 Å². The largest absolute Gasteiger partial charge is 0.385 e. The van der Waals surface area contributed by atoms with Crippen molar-refractivity contribution < 1.29 is 4.79 Å². The van der Waals surface area contributed by atoms with Gasteiger partial charge in [0.25, 0.3) is 5.91 Å². The summed E-state index contributed by atoms with van der Waals surface area (Å²) in [6.45, 7) is 5.56. The number of nitrogens with one attached hydrogen (secondary N) is 2. The molecule has 0 fully saturated rings. The Morgan fingerprint density at radius 1 is 1.35 bits per heavy atom. The lowest BCUT2D eigenvalue weighted by Crippen LogP contribution is -2.25. The second-order valence-corrected chi connectivity index (χ2v) is 4.27. The molecule has 3 nitrogen and oxygen atoms in total. The van der Waals surface area contributed by atoms with Crippen LogP contribution in [0.2, 0.25) is 5.02 Å². The van der Waals surface area contributed by atoms with Crippen molar-refractivity contribution in [2.45, 2.75) is 26.7 Å². The summed E-state index contributed by atoms with van der Waals surface area (Å²) in [6.07, 6.45) is 2.05. The summed E-state index contributed by atoms with van der Waals surface area (Å²) < 4.78 is 0. The fourth-order valence-electron chi connectivity index (χ4n) is 1.52. The van der Waals surface area contributed by atoms with E-state index in [-0.39, 0.29) is 5.91 Å². The zero-order valence-electron chi connectivity index (χ0n) is 10.3. The van der Waals surface area contributed by atoms with Crippen LogP contribution in [0.5, 0.6) is 0 Å². The lowest BCUT2D eigenvalue weighted by molar-refractivity contribution is 0.0954. The number of halogens is 1. The minimum absolute atomic E-state index is 0.0723. The molecule has 0 aliphatic rings. The molecule has 0 aromatic heterocycles. The molecule has 1 rings (SSSR count). The third-order valence-corrected chi connectivity index (χ3v) is 2.64. The maximum absolute atomic E-state index is 12.0. The van der Waals surface area contributed by atoms with Gasteiger partial charge in [0.1, 0.15) is 0 Å². The van der Waals surface area contributed by atoms with Crippen LogP contribution in [0.4, 0.5) is 5.69 Å². The molecule has 94 valence electrons. The lowest BCUT2D eigenvalue weighted by atomic mass is 10.1. The van der Waals surface area contributed by atoms with E-state index in [0.29, 0.717) is 17.1 Å². The summed E-state index contributed by atoms with van der Waals surface area (Å²) in [6, 6.07) is 5.31. The molecular weight excluding hydrogens is 236 g/mol. The predicted molar refractivity (Wildman–Crippen MR) is 72.9 cm³/mol. The van der Waals surface area contributed by atoms with Gasteiger partial charge in [0.05, 0.1) is 5.56 Å². The molecule has 1 aromatic rings. The smallest absolute Gasteiger partial charge is 0.253 e. The van der Waals surface area contributed by atoms with Crippen LogP contribution >= 0.6 is 11.6 Å². The van der Waals surface area contributed by atoms with E-state index < -0.39 is 0 Å². The summed E-state index contributed by atoms with van der Waals surface area (Å²) in [5, 5.41) is 6.62. The third kappa shape index (κ3) is 4.27. The monoisotopic (exact) mass is 254 g/mol. The highest BCUT2D eigenvalue weighted by Gasteiger charge is 2.10. The first-order valence-corrected chi connectivity index (χ1v) is 6.38. The highest BCUT2D eigenvalue weighted by atomic mass is 35.5. The van der Waals surface area contributed by atoms with Crippen LogP contribution in [0, 0.1) is 0 Å². The van der Waals surface area contributed by atoms with Gasteiger partial charge >= 0.3 is 0 Å². The van der Waals surface area contributed by atoms with Crippen molar-refractivity contribution in [3.05, 3.63) is 28.8 Å². The summed E-state index contributed by atoms with van der Waals surface area (Å²) in [7, 11) is 0. The Bertz CT molecular complexity index is 380. The van der Waals surface area contributed by atoms with E-state index in [1.54, 1.807) is 12.1 Å². The lowest BCUT2D eigenvalue weighted by Gasteiger charge is -2.11. The number of carbonyl (C=O) groups excluding carboxylic acids is 1. The standard InChI is InChI=1S/C13H19ClN2O/c1-3-5-8-16-13(17)11-9-10(14)6-7-12(11)15-4-2/h6-7,9,15H,3-5,8H2,1-2H3,(H,16,17). The fourth-order valence-corrected chi connectivity index (χ4v) is 1.69. The van der Waals surface area contributed by atoms with Gasteiger partial charge in [-0.1, -0.05) is 24.9 Å². The van der Waals surface area contributed by atoms with Crippen molar-refractivity contribution in [3.8, 4) is 0 Å². The number of hydrogen-bond acceptors (Lipinski definition) is 2. The maximum Gasteiger partial charge on any atom is 0.253 e. The molecule has 1 amide bonds. The van der Waals surface area contributed by atoms with Gasteiger partial charge in [0, 0.05) is 23.8 Å². The number of amides is 1. The number of unbranched alkanes of at least 4 members (excludes halogenated alkanes) is 1. The molecule has 0 unspecified atom stereocenters. The second-order valence-electron chi connectivity index (χ2n) is 3.83. The molecule has 0 aliphatic carbocycles. The molecule has 0 saturated carbocycles. The van der Waals surface area contributed by atoms with Gasteiger partial charge in [0.15, 0.2) is 0 Å². The Hall–Kier alpha value is -1.22. The van der Waals surface area contributed by atoms with Gasteiger partial charge in [-0.2, -0.15) is 0 Å². The van der Waals surface area contributed by atoms with Crippen molar-refractivity contribution >= 4 is 23.2 Å². The average Bonchev–Trinajstić information content (AvgIpc) is 2.32. The van der Waals surface area contributed by atoms with Gasteiger partial charge in [-0.25, -0.2) is 0 Å². The van der Waals surface area contributed by atoms with E-state index in [1.165, 1.54) is 0 Å². The van der Waals surface area contributed by atoms with Gasteiger partial charge in [-0.3, -0.25) is 4.79 Å². The van der Waals surface area contributed by atoms with Gasteiger partial charge in [-0.15, -0.1) is 0 Å². The van der Waals surface area contributed by atoms with Crippen molar-refractivity contribution in [1.82, 2.24) is 5.32 Å². The predicted octanol–water partition coefficient (Wildman–Crippen LogP) is 3.30. The highest BCUT2D eigenvalue weighted by Crippen LogP contribution is 2.20. The van der Waals surface area contributed by atoms with Crippen molar-refractivity contribution in [1.29, 1.82) is 0 Å². The molecule has 17 heavy (non-hydrogen) atoms. The Labute approximate surface area is 108 Å². The van der Waals surface area contributed by atoms with Crippen LogP contribution in [-0.2, 0) is 0 Å². The Morgan fingerprint density at radius 3 is 2.76 bits per heavy atom. The van der Waals surface area contributed by atoms with Crippen molar-refractivity contribution in [2.75, 3.05) is 18.4 Å². The molecule has 0 atom stereocenters. The van der Waals surface area contributed by atoms with E-state index in [4.69, 9.17) is 11.6 Å². The summed E-state index contributed by atoms with van der Waals surface area (Å²) in [4.78, 5) is 12.0. The fraction of sp³-hybridized carbons (Fsp3) is 0.462. The zero-order chi connectivity index (χ0) is 12.7. The normalized spacial score (nSPS) is 10.1. The summed E-state index contributed by atoms with van der Waals surface area (Å²) in [5.74, 6) is -0.0723. The number of rotatable bonds is 6. The van der Waals surface area contributed by atoms with Crippen LogP contribution < -0.4 is 10.6 Å². The third-order valence-electron chi connectivity index (χ3n) is 2.41. The van der Waals surface area contributed by atoms with Crippen LogP contribution in [0.1, 0.15) is 37.0 Å². The molecule has 0 spiro atoms. The van der Waals surface area contributed by atoms with Crippen LogP contribution in [-0.4, -0.2) is 19.0 Å². The Morgan fingerprint density at radius 2 is 2.12 bits per heavy atom. The highest BCUT2D eigenvalue weighted by molar-refractivity contribution is 6.31. The van der Waals surface area contributed by atoms with E-state index in [0.717, 1.165) is 25.1 Å². The molecule has 0 aliphatic heterocycles. The van der Waals surface area contributed by atoms with Crippen molar-refractivity contribution in [3.63, 3.8) is 0 Å². The first-order chi connectivity index (χ1) is 8.19. The molecule has 0 heterocycles. The molecule has 4 heteroatoms. The Kier molecular flexibility index (Phi) is 5.84. The van der Waals surface area contributed by atoms with E-state index in [2.05, 4.69) is 17.6 Å². The summed E-state index contributed by atoms with van der Waals surface area (Å²) >= 11 is 5.91. The van der Waals surface area contributed by atoms with Crippen LogP contribution in [0.15, 0.2) is 18.2 Å². The molecule has 0 saturated heterocycles. The van der Waals surface area contributed by atoms with Crippen molar-refractivity contribution in [2.24, 2.45) is 0 Å². The zero-order valence-corrected chi connectivity index (χ0v) is 11.1. The Balaban J connectivity index is 2.78. The number of carbonyl (C=O) groups is 1. The molecule has 0 bridgehead atoms. The molecule has 2 N–H and O–H groups in total. The topological polar surface area (TPSA) is 41.1 Å². The average molecular weight is 255 g/mol. The quantitative estimate of drug-likeness (QED) is 0.765. The number of anilines is 1. The van der Waals surface area contributed by atoms with Gasteiger partial charge in [0.2, 0.25) is 0 Å². The number of benzene rings is 1. The first kappa shape index (κ1) is 13.8. The second kappa shape index (κ2) is 7.17. The minimum atomic E-state index is -0.0723. The SMILES string of the molecule is CCCCNC(=O)c1cc(Cl)ccc1NCC. The van der Waals surface area contributed by atoms with Crippen LogP contribution in [0.25, 0.3) is 0 Å². The molecule has 0 radical (unpaired) electrons. The van der Waals surface area contributed by atoms with E-state index in [1.807, 2.05) is 13.0 Å². The van der Waals surface area contributed by atoms with Gasteiger partial charge in [-0.05, 0) is 31.5 Å². The molecule has 1 aromatic carbocycles. The van der Waals surface area contributed by atoms with Gasteiger partial charge < -0.3 is 10.6 Å². The van der Waals surface area contributed by atoms with Crippen LogP contribution in [0.3, 0.4) is 0 Å². The first-order valence-electron chi connectivity index (χ1n) is 6.00. The molecular formula is C13H19ClN2O. The maximum atomic E-state index is 12.0. The summed E-state index contributed by atoms with van der Waals surface area (Å²) in [5.41, 5.74) is 1.43. The number of hydrogen-bond donors (Lipinski definition) is 2. The minimum Gasteiger partial charge on any atom is -0.385 e.